The van der Waals surface area contributed by atoms with Gasteiger partial charge in [0.05, 0.1) is 10.6 Å². The molecule has 1 aromatic carbocycles. The molecule has 2 N–H and O–H groups in total. The van der Waals surface area contributed by atoms with Gasteiger partial charge in [-0.05, 0) is 30.4 Å². The van der Waals surface area contributed by atoms with Crippen LogP contribution < -0.4 is 5.32 Å². The van der Waals surface area contributed by atoms with Crippen LogP contribution in [0.5, 0.6) is 0 Å². The fraction of sp³-hybridized carbons (Fsp3) is 0.467. The van der Waals surface area contributed by atoms with Crippen LogP contribution >= 0.6 is 11.6 Å². The zero-order chi connectivity index (χ0) is 15.1. The SMILES string of the molecule is CC(C)C[C@H](CNC(=O)c1ccccc1Cl)CC(=O)O. The summed E-state index contributed by atoms with van der Waals surface area (Å²) in [4.78, 5) is 22.8. The minimum atomic E-state index is -0.845. The van der Waals surface area contributed by atoms with Crippen molar-refractivity contribution >= 4 is 23.5 Å². The molecule has 0 aliphatic rings. The summed E-state index contributed by atoms with van der Waals surface area (Å²) in [7, 11) is 0. The number of amides is 1. The molecule has 5 heteroatoms. The van der Waals surface area contributed by atoms with Gasteiger partial charge in [0.15, 0.2) is 0 Å². The van der Waals surface area contributed by atoms with Crippen LogP contribution in [0.4, 0.5) is 0 Å². The number of hydrogen-bond donors (Lipinski definition) is 2. The lowest BCUT2D eigenvalue weighted by Crippen LogP contribution is -2.31. The molecular formula is C15H20ClNO3. The van der Waals surface area contributed by atoms with Crippen molar-refractivity contribution in [1.29, 1.82) is 0 Å². The van der Waals surface area contributed by atoms with Crippen molar-refractivity contribution in [3.8, 4) is 0 Å². The van der Waals surface area contributed by atoms with Gasteiger partial charge < -0.3 is 10.4 Å². The molecule has 1 atom stereocenters. The molecular weight excluding hydrogens is 278 g/mol. The molecule has 0 unspecified atom stereocenters. The predicted octanol–water partition coefficient (Wildman–Crippen LogP) is 3.21. The largest absolute Gasteiger partial charge is 0.481 e. The van der Waals surface area contributed by atoms with Gasteiger partial charge in [0.2, 0.25) is 0 Å². The Bertz CT molecular complexity index is 474. The van der Waals surface area contributed by atoms with E-state index in [4.69, 9.17) is 16.7 Å². The molecule has 0 aliphatic heterocycles. The Morgan fingerprint density at radius 2 is 1.95 bits per heavy atom. The van der Waals surface area contributed by atoms with E-state index in [1.54, 1.807) is 24.3 Å². The summed E-state index contributed by atoms with van der Waals surface area (Å²) in [5.41, 5.74) is 0.410. The van der Waals surface area contributed by atoms with Gasteiger partial charge in [-0.3, -0.25) is 9.59 Å². The van der Waals surface area contributed by atoms with E-state index in [-0.39, 0.29) is 18.2 Å². The number of halogens is 1. The van der Waals surface area contributed by atoms with Crippen molar-refractivity contribution in [2.24, 2.45) is 11.8 Å². The lowest BCUT2D eigenvalue weighted by molar-refractivity contribution is -0.138. The van der Waals surface area contributed by atoms with Gasteiger partial charge in [0.1, 0.15) is 0 Å². The second-order valence-electron chi connectivity index (χ2n) is 5.28. The highest BCUT2D eigenvalue weighted by Gasteiger charge is 2.17. The summed E-state index contributed by atoms with van der Waals surface area (Å²) in [6.45, 7) is 4.41. The molecule has 0 bridgehead atoms. The minimum Gasteiger partial charge on any atom is -0.481 e. The molecule has 0 aromatic heterocycles. The van der Waals surface area contributed by atoms with Crippen molar-refractivity contribution in [3.05, 3.63) is 34.9 Å². The van der Waals surface area contributed by atoms with Crippen molar-refractivity contribution < 1.29 is 14.7 Å². The second kappa shape index (κ2) is 7.90. The van der Waals surface area contributed by atoms with Crippen LogP contribution in [-0.2, 0) is 4.79 Å². The standard InChI is InChI=1S/C15H20ClNO3/c1-10(2)7-11(8-14(18)19)9-17-15(20)12-5-3-4-6-13(12)16/h3-6,10-11H,7-9H2,1-2H3,(H,17,20)(H,18,19)/t11-/m0/s1. The van der Waals surface area contributed by atoms with Crippen molar-refractivity contribution in [1.82, 2.24) is 5.32 Å². The summed E-state index contributed by atoms with van der Waals surface area (Å²) in [5.74, 6) is -0.798. The van der Waals surface area contributed by atoms with E-state index >= 15 is 0 Å². The molecule has 1 aromatic rings. The van der Waals surface area contributed by atoms with Gasteiger partial charge in [0.25, 0.3) is 5.91 Å². The summed E-state index contributed by atoms with van der Waals surface area (Å²) in [6, 6.07) is 6.79. The second-order valence-corrected chi connectivity index (χ2v) is 5.69. The number of aliphatic carboxylic acids is 1. The van der Waals surface area contributed by atoms with Gasteiger partial charge in [-0.15, -0.1) is 0 Å². The van der Waals surface area contributed by atoms with E-state index in [0.29, 0.717) is 23.0 Å². The lowest BCUT2D eigenvalue weighted by Gasteiger charge is -2.18. The number of carboxylic acid groups (broad SMARTS) is 1. The Morgan fingerprint density at radius 1 is 1.30 bits per heavy atom. The third-order valence-corrected chi connectivity index (χ3v) is 3.27. The fourth-order valence-corrected chi connectivity index (χ4v) is 2.35. The number of carbonyl (C=O) groups excluding carboxylic acids is 1. The highest BCUT2D eigenvalue weighted by atomic mass is 35.5. The molecule has 4 nitrogen and oxygen atoms in total. The maximum absolute atomic E-state index is 12.0. The maximum Gasteiger partial charge on any atom is 0.303 e. The maximum atomic E-state index is 12.0. The van der Waals surface area contributed by atoms with Gasteiger partial charge in [0, 0.05) is 13.0 Å². The molecule has 1 amide bonds. The Balaban J connectivity index is 2.60. The number of carboxylic acids is 1. The minimum absolute atomic E-state index is 0.0565. The Morgan fingerprint density at radius 3 is 2.50 bits per heavy atom. The summed E-state index contributed by atoms with van der Waals surface area (Å²) < 4.78 is 0. The van der Waals surface area contributed by atoms with E-state index in [1.807, 2.05) is 13.8 Å². The number of nitrogens with one attached hydrogen (secondary N) is 1. The number of rotatable bonds is 7. The van der Waals surface area contributed by atoms with Crippen molar-refractivity contribution in [2.45, 2.75) is 26.7 Å². The molecule has 110 valence electrons. The average Bonchev–Trinajstić information content (AvgIpc) is 2.34. The van der Waals surface area contributed by atoms with Crippen LogP contribution in [0, 0.1) is 11.8 Å². The van der Waals surface area contributed by atoms with E-state index < -0.39 is 5.97 Å². The highest BCUT2D eigenvalue weighted by molar-refractivity contribution is 6.33. The molecule has 20 heavy (non-hydrogen) atoms. The van der Waals surface area contributed by atoms with Crippen LogP contribution in [0.2, 0.25) is 5.02 Å². The van der Waals surface area contributed by atoms with E-state index in [2.05, 4.69) is 5.32 Å². The zero-order valence-corrected chi connectivity index (χ0v) is 12.5. The smallest absolute Gasteiger partial charge is 0.303 e. The molecule has 0 fully saturated rings. The quantitative estimate of drug-likeness (QED) is 0.812. The number of hydrogen-bond acceptors (Lipinski definition) is 2. The Hall–Kier alpha value is -1.55. The fourth-order valence-electron chi connectivity index (χ4n) is 2.13. The van der Waals surface area contributed by atoms with Crippen LogP contribution in [-0.4, -0.2) is 23.5 Å². The molecule has 1 rings (SSSR count). The van der Waals surface area contributed by atoms with E-state index in [0.717, 1.165) is 6.42 Å². The van der Waals surface area contributed by atoms with Crippen LogP contribution in [0.15, 0.2) is 24.3 Å². The first-order valence-corrected chi connectivity index (χ1v) is 7.02. The third kappa shape index (κ3) is 5.61. The zero-order valence-electron chi connectivity index (χ0n) is 11.7. The van der Waals surface area contributed by atoms with Gasteiger partial charge in [-0.1, -0.05) is 37.6 Å². The van der Waals surface area contributed by atoms with Gasteiger partial charge in [-0.25, -0.2) is 0 Å². The third-order valence-electron chi connectivity index (χ3n) is 2.94. The van der Waals surface area contributed by atoms with Gasteiger partial charge >= 0.3 is 5.97 Å². The first-order chi connectivity index (χ1) is 9.40. The van der Waals surface area contributed by atoms with Crippen LogP contribution in [0.25, 0.3) is 0 Å². The highest BCUT2D eigenvalue weighted by Crippen LogP contribution is 2.17. The topological polar surface area (TPSA) is 66.4 Å². The molecule has 0 radical (unpaired) electrons. The van der Waals surface area contributed by atoms with Crippen molar-refractivity contribution in [2.75, 3.05) is 6.54 Å². The summed E-state index contributed by atoms with van der Waals surface area (Å²) in [5, 5.41) is 12.0. The van der Waals surface area contributed by atoms with Crippen LogP contribution in [0.1, 0.15) is 37.0 Å². The summed E-state index contributed by atoms with van der Waals surface area (Å²) >= 11 is 5.95. The van der Waals surface area contributed by atoms with Gasteiger partial charge in [-0.2, -0.15) is 0 Å². The van der Waals surface area contributed by atoms with E-state index in [1.165, 1.54) is 0 Å². The van der Waals surface area contributed by atoms with E-state index in [9.17, 15) is 9.59 Å². The molecule has 0 saturated carbocycles. The Kier molecular flexibility index (Phi) is 6.52. The monoisotopic (exact) mass is 297 g/mol. The lowest BCUT2D eigenvalue weighted by atomic mass is 9.94. The normalized spacial score (nSPS) is 12.2. The summed E-state index contributed by atoms with van der Waals surface area (Å²) in [6.07, 6.45) is 0.816. The Labute approximate surface area is 124 Å². The molecule has 0 heterocycles. The van der Waals surface area contributed by atoms with Crippen LogP contribution in [0.3, 0.4) is 0 Å². The first kappa shape index (κ1) is 16.5. The molecule has 0 aliphatic carbocycles. The first-order valence-electron chi connectivity index (χ1n) is 6.64. The predicted molar refractivity (Wildman–Crippen MR) is 79.0 cm³/mol. The molecule has 0 spiro atoms. The van der Waals surface area contributed by atoms with Crippen molar-refractivity contribution in [3.63, 3.8) is 0 Å². The average molecular weight is 298 g/mol. The molecule has 0 saturated heterocycles. The number of carbonyl (C=O) groups is 2. The number of benzene rings is 1.